The molecule has 1 aromatic rings. The van der Waals surface area contributed by atoms with E-state index in [9.17, 15) is 4.79 Å². The molecule has 0 saturated heterocycles. The van der Waals surface area contributed by atoms with E-state index in [1.165, 1.54) is 29.5 Å². The summed E-state index contributed by atoms with van der Waals surface area (Å²) in [5.74, 6) is 0.555. The minimum absolute atomic E-state index is 0.240. The molecule has 1 amide bonds. The molecule has 2 aliphatic carbocycles. The molecule has 0 radical (unpaired) electrons. The number of hydrogen-bond donors (Lipinski definition) is 2. The summed E-state index contributed by atoms with van der Waals surface area (Å²) in [5.41, 5.74) is 4.26. The van der Waals surface area contributed by atoms with Crippen molar-refractivity contribution in [3.8, 4) is 0 Å². The van der Waals surface area contributed by atoms with E-state index in [-0.39, 0.29) is 5.91 Å². The number of rotatable bonds is 5. The first-order valence-corrected chi connectivity index (χ1v) is 7.34. The Morgan fingerprint density at radius 3 is 2.89 bits per heavy atom. The third-order valence-corrected chi connectivity index (χ3v) is 4.14. The van der Waals surface area contributed by atoms with Crippen LogP contribution < -0.4 is 10.6 Å². The normalized spacial score (nSPS) is 21.2. The quantitative estimate of drug-likeness (QED) is 0.794. The lowest BCUT2D eigenvalue weighted by Crippen LogP contribution is -2.33. The second kappa shape index (κ2) is 5.33. The molecule has 1 fully saturated rings. The van der Waals surface area contributed by atoms with Crippen LogP contribution in [-0.2, 0) is 11.2 Å². The average Bonchev–Trinajstić information content (AvgIpc) is 3.18. The second-order valence-corrected chi connectivity index (χ2v) is 5.81. The summed E-state index contributed by atoms with van der Waals surface area (Å²) in [6.07, 6.45) is 4.50. The summed E-state index contributed by atoms with van der Waals surface area (Å²) in [4.78, 5) is 11.5. The Kier molecular flexibility index (Phi) is 3.56. The molecular formula is C16H22N2O. The first kappa shape index (κ1) is 12.7. The molecule has 1 aromatic carbocycles. The van der Waals surface area contributed by atoms with Crippen LogP contribution in [0.15, 0.2) is 18.2 Å². The van der Waals surface area contributed by atoms with Gasteiger partial charge in [0.1, 0.15) is 0 Å². The van der Waals surface area contributed by atoms with Crippen molar-refractivity contribution in [2.24, 2.45) is 5.92 Å². The fourth-order valence-electron chi connectivity index (χ4n) is 2.86. The van der Waals surface area contributed by atoms with E-state index >= 15 is 0 Å². The summed E-state index contributed by atoms with van der Waals surface area (Å²) >= 11 is 0. The van der Waals surface area contributed by atoms with Crippen molar-refractivity contribution in [2.75, 3.05) is 13.1 Å². The smallest absolute Gasteiger partial charge is 0.223 e. The van der Waals surface area contributed by atoms with Gasteiger partial charge in [-0.15, -0.1) is 0 Å². The maximum atomic E-state index is 11.5. The van der Waals surface area contributed by atoms with Crippen molar-refractivity contribution < 1.29 is 4.79 Å². The molecule has 1 unspecified atom stereocenters. The van der Waals surface area contributed by atoms with Gasteiger partial charge in [-0.3, -0.25) is 4.79 Å². The SMILES string of the molecule is Cc1ccc2c(c1)C(NCCNC(=O)C1CC1)CC2. The maximum Gasteiger partial charge on any atom is 0.223 e. The van der Waals surface area contributed by atoms with Crippen LogP contribution in [0.2, 0.25) is 0 Å². The molecule has 0 aromatic heterocycles. The number of amides is 1. The Morgan fingerprint density at radius 1 is 1.26 bits per heavy atom. The van der Waals surface area contributed by atoms with E-state index in [1.54, 1.807) is 0 Å². The van der Waals surface area contributed by atoms with Crippen LogP contribution in [0, 0.1) is 12.8 Å². The topological polar surface area (TPSA) is 41.1 Å². The van der Waals surface area contributed by atoms with Crippen molar-refractivity contribution in [1.82, 2.24) is 10.6 Å². The lowest BCUT2D eigenvalue weighted by molar-refractivity contribution is -0.122. The zero-order chi connectivity index (χ0) is 13.2. The van der Waals surface area contributed by atoms with Gasteiger partial charge in [0.2, 0.25) is 5.91 Å². The van der Waals surface area contributed by atoms with Gasteiger partial charge in [-0.05, 0) is 43.7 Å². The van der Waals surface area contributed by atoms with E-state index in [2.05, 4.69) is 35.8 Å². The summed E-state index contributed by atoms with van der Waals surface area (Å²) in [5, 5.41) is 6.57. The van der Waals surface area contributed by atoms with Crippen molar-refractivity contribution >= 4 is 5.91 Å². The van der Waals surface area contributed by atoms with E-state index in [0.717, 1.165) is 25.9 Å². The Balaban J connectivity index is 1.46. The molecule has 3 heteroatoms. The molecular weight excluding hydrogens is 236 g/mol. The van der Waals surface area contributed by atoms with E-state index in [0.29, 0.717) is 12.0 Å². The first-order valence-electron chi connectivity index (χ1n) is 7.34. The largest absolute Gasteiger partial charge is 0.355 e. The summed E-state index contributed by atoms with van der Waals surface area (Å²) in [6, 6.07) is 7.20. The monoisotopic (exact) mass is 258 g/mol. The number of carbonyl (C=O) groups excluding carboxylic acids is 1. The standard InChI is InChI=1S/C16H22N2O/c1-11-2-3-12-6-7-15(14(12)10-11)17-8-9-18-16(19)13-4-5-13/h2-3,10,13,15,17H,4-9H2,1H3,(H,18,19). The van der Waals surface area contributed by atoms with Crippen LogP contribution in [0.5, 0.6) is 0 Å². The number of nitrogens with one attached hydrogen (secondary N) is 2. The maximum absolute atomic E-state index is 11.5. The van der Waals surface area contributed by atoms with Gasteiger partial charge >= 0.3 is 0 Å². The molecule has 3 rings (SSSR count). The van der Waals surface area contributed by atoms with Crippen molar-refractivity contribution in [3.63, 3.8) is 0 Å². The van der Waals surface area contributed by atoms with E-state index in [4.69, 9.17) is 0 Å². The summed E-state index contributed by atoms with van der Waals surface area (Å²) in [6.45, 7) is 3.75. The van der Waals surface area contributed by atoms with E-state index < -0.39 is 0 Å². The number of carbonyl (C=O) groups is 1. The van der Waals surface area contributed by atoms with Gasteiger partial charge in [0, 0.05) is 25.0 Å². The van der Waals surface area contributed by atoms with Crippen LogP contribution in [0.1, 0.15) is 42.0 Å². The van der Waals surface area contributed by atoms with Gasteiger partial charge in [0.05, 0.1) is 0 Å². The van der Waals surface area contributed by atoms with Crippen molar-refractivity contribution in [1.29, 1.82) is 0 Å². The van der Waals surface area contributed by atoms with Crippen LogP contribution in [0.25, 0.3) is 0 Å². The number of aryl methyl sites for hydroxylation is 2. The molecule has 1 saturated carbocycles. The Morgan fingerprint density at radius 2 is 2.11 bits per heavy atom. The minimum Gasteiger partial charge on any atom is -0.355 e. The predicted octanol–water partition coefficient (Wildman–Crippen LogP) is 2.10. The Hall–Kier alpha value is -1.35. The van der Waals surface area contributed by atoms with Gasteiger partial charge in [-0.1, -0.05) is 23.8 Å². The van der Waals surface area contributed by atoms with Gasteiger partial charge < -0.3 is 10.6 Å². The van der Waals surface area contributed by atoms with Gasteiger partial charge in [0.15, 0.2) is 0 Å². The van der Waals surface area contributed by atoms with Crippen molar-refractivity contribution in [3.05, 3.63) is 34.9 Å². The zero-order valence-electron chi connectivity index (χ0n) is 11.5. The highest BCUT2D eigenvalue weighted by molar-refractivity contribution is 5.80. The second-order valence-electron chi connectivity index (χ2n) is 5.81. The summed E-state index contributed by atoms with van der Waals surface area (Å²) < 4.78 is 0. The van der Waals surface area contributed by atoms with Crippen LogP contribution in [0.4, 0.5) is 0 Å². The molecule has 0 spiro atoms. The fourth-order valence-corrected chi connectivity index (χ4v) is 2.86. The summed E-state index contributed by atoms with van der Waals surface area (Å²) in [7, 11) is 0. The third kappa shape index (κ3) is 2.98. The van der Waals surface area contributed by atoms with Gasteiger partial charge in [0.25, 0.3) is 0 Å². The van der Waals surface area contributed by atoms with E-state index in [1.807, 2.05) is 0 Å². The highest BCUT2D eigenvalue weighted by Crippen LogP contribution is 2.31. The molecule has 0 aliphatic heterocycles. The minimum atomic E-state index is 0.240. The fraction of sp³-hybridized carbons (Fsp3) is 0.562. The van der Waals surface area contributed by atoms with Gasteiger partial charge in [-0.2, -0.15) is 0 Å². The first-order chi connectivity index (χ1) is 9.24. The third-order valence-electron chi connectivity index (χ3n) is 4.14. The molecule has 0 heterocycles. The molecule has 3 nitrogen and oxygen atoms in total. The molecule has 19 heavy (non-hydrogen) atoms. The van der Waals surface area contributed by atoms with Gasteiger partial charge in [-0.25, -0.2) is 0 Å². The Labute approximate surface area is 114 Å². The zero-order valence-corrected chi connectivity index (χ0v) is 11.5. The molecule has 1 atom stereocenters. The molecule has 2 N–H and O–H groups in total. The number of benzene rings is 1. The molecule has 102 valence electrons. The van der Waals surface area contributed by atoms with Crippen molar-refractivity contribution in [2.45, 2.75) is 38.6 Å². The highest BCUT2D eigenvalue weighted by atomic mass is 16.2. The number of fused-ring (bicyclic) bond motifs is 1. The Bertz CT molecular complexity index is 480. The lowest BCUT2D eigenvalue weighted by atomic mass is 10.1. The lowest BCUT2D eigenvalue weighted by Gasteiger charge is -2.15. The number of hydrogen-bond acceptors (Lipinski definition) is 2. The van der Waals surface area contributed by atoms with Crippen LogP contribution in [0.3, 0.4) is 0 Å². The molecule has 0 bridgehead atoms. The molecule has 2 aliphatic rings. The highest BCUT2D eigenvalue weighted by Gasteiger charge is 2.29. The van der Waals surface area contributed by atoms with Crippen LogP contribution in [-0.4, -0.2) is 19.0 Å². The van der Waals surface area contributed by atoms with Crippen LogP contribution >= 0.6 is 0 Å². The predicted molar refractivity (Wildman–Crippen MR) is 76.0 cm³/mol. The average molecular weight is 258 g/mol.